The second-order valence-corrected chi connectivity index (χ2v) is 4.75. The number of hydrogen-bond acceptors (Lipinski definition) is 2. The summed E-state index contributed by atoms with van der Waals surface area (Å²) >= 11 is 0. The van der Waals surface area contributed by atoms with E-state index < -0.39 is 0 Å². The van der Waals surface area contributed by atoms with Crippen LogP contribution in [0.5, 0.6) is 5.75 Å². The van der Waals surface area contributed by atoms with E-state index in [4.69, 9.17) is 0 Å². The van der Waals surface area contributed by atoms with E-state index >= 15 is 0 Å². The summed E-state index contributed by atoms with van der Waals surface area (Å²) in [4.78, 5) is 12.4. The first-order valence-electron chi connectivity index (χ1n) is 6.36. The van der Waals surface area contributed by atoms with Crippen LogP contribution in [0.25, 0.3) is 6.08 Å². The molecular weight excluding hydrogens is 236 g/mol. The molecule has 0 atom stereocenters. The van der Waals surface area contributed by atoms with E-state index in [1.807, 2.05) is 36.4 Å². The summed E-state index contributed by atoms with van der Waals surface area (Å²) in [5, 5.41) is 9.45. The van der Waals surface area contributed by atoms with Gasteiger partial charge in [0.15, 0.2) is 5.78 Å². The van der Waals surface area contributed by atoms with Gasteiger partial charge in [-0.3, -0.25) is 4.79 Å². The van der Waals surface area contributed by atoms with E-state index in [1.54, 1.807) is 18.2 Å². The largest absolute Gasteiger partial charge is 0.508 e. The molecule has 0 unspecified atom stereocenters. The minimum atomic E-state index is 0.0742. The highest BCUT2D eigenvalue weighted by atomic mass is 16.3. The number of hydrogen-bond donors (Lipinski definition) is 1. The van der Waals surface area contributed by atoms with Crippen molar-refractivity contribution in [2.24, 2.45) is 0 Å². The number of benzene rings is 2. The van der Waals surface area contributed by atoms with Crippen LogP contribution in [-0.4, -0.2) is 10.9 Å². The smallest absolute Gasteiger partial charge is 0.189 e. The molecule has 3 rings (SSSR count). The topological polar surface area (TPSA) is 37.3 Å². The summed E-state index contributed by atoms with van der Waals surface area (Å²) in [6.07, 6.45) is 3.48. The fraction of sp³-hybridized carbons (Fsp3) is 0.118. The van der Waals surface area contributed by atoms with E-state index in [1.165, 1.54) is 0 Å². The van der Waals surface area contributed by atoms with Crippen LogP contribution in [0.1, 0.15) is 27.9 Å². The molecule has 0 fully saturated rings. The summed E-state index contributed by atoms with van der Waals surface area (Å²) in [5.74, 6) is 0.298. The van der Waals surface area contributed by atoms with Gasteiger partial charge < -0.3 is 5.11 Å². The van der Waals surface area contributed by atoms with Gasteiger partial charge in [0.1, 0.15) is 5.75 Å². The predicted molar refractivity (Wildman–Crippen MR) is 75.2 cm³/mol. The van der Waals surface area contributed by atoms with Crippen molar-refractivity contribution >= 4 is 11.9 Å². The Labute approximate surface area is 112 Å². The van der Waals surface area contributed by atoms with Gasteiger partial charge in [-0.05, 0) is 48.2 Å². The maximum Gasteiger partial charge on any atom is 0.189 e. The molecule has 0 saturated heterocycles. The molecule has 2 nitrogen and oxygen atoms in total. The van der Waals surface area contributed by atoms with Crippen LogP contribution in [-0.2, 0) is 6.42 Å². The summed E-state index contributed by atoms with van der Waals surface area (Å²) in [6.45, 7) is 0. The van der Waals surface area contributed by atoms with Gasteiger partial charge in [0, 0.05) is 11.1 Å². The Morgan fingerprint density at radius 3 is 2.58 bits per heavy atom. The van der Waals surface area contributed by atoms with Gasteiger partial charge >= 0.3 is 0 Å². The highest BCUT2D eigenvalue weighted by Gasteiger charge is 2.21. The quantitative estimate of drug-likeness (QED) is 0.785. The van der Waals surface area contributed by atoms with Crippen molar-refractivity contribution in [3.63, 3.8) is 0 Å². The van der Waals surface area contributed by atoms with Crippen molar-refractivity contribution < 1.29 is 9.90 Å². The van der Waals surface area contributed by atoms with Crippen LogP contribution in [0.3, 0.4) is 0 Å². The number of aromatic hydroxyl groups is 1. The molecule has 0 radical (unpaired) electrons. The van der Waals surface area contributed by atoms with Crippen molar-refractivity contribution in [2.75, 3.05) is 0 Å². The molecule has 0 amide bonds. The number of Topliss-reactive ketones (excluding diaryl/α,β-unsaturated/α-hetero) is 1. The van der Waals surface area contributed by atoms with Gasteiger partial charge in [0.25, 0.3) is 0 Å². The fourth-order valence-corrected chi connectivity index (χ4v) is 2.45. The zero-order valence-corrected chi connectivity index (χ0v) is 10.5. The number of aryl methyl sites for hydroxylation is 1. The molecule has 94 valence electrons. The Bertz CT molecular complexity index is 654. The first kappa shape index (κ1) is 11.7. The molecule has 0 heterocycles. The normalized spacial score (nSPS) is 16.4. The maximum absolute atomic E-state index is 12.4. The molecule has 0 saturated carbocycles. The van der Waals surface area contributed by atoms with Gasteiger partial charge in [-0.15, -0.1) is 0 Å². The third-order valence-electron chi connectivity index (χ3n) is 3.43. The second-order valence-electron chi connectivity index (χ2n) is 4.75. The van der Waals surface area contributed by atoms with E-state index in [0.29, 0.717) is 5.56 Å². The van der Waals surface area contributed by atoms with Crippen LogP contribution >= 0.6 is 0 Å². The summed E-state index contributed by atoms with van der Waals surface area (Å²) in [7, 11) is 0. The summed E-state index contributed by atoms with van der Waals surface area (Å²) in [6, 6.07) is 14.8. The molecule has 19 heavy (non-hydrogen) atoms. The highest BCUT2D eigenvalue weighted by Crippen LogP contribution is 2.28. The van der Waals surface area contributed by atoms with Gasteiger partial charge in [0.2, 0.25) is 0 Å². The van der Waals surface area contributed by atoms with Crippen LogP contribution in [0.15, 0.2) is 54.1 Å². The van der Waals surface area contributed by atoms with Crippen LogP contribution in [0.2, 0.25) is 0 Å². The van der Waals surface area contributed by atoms with Gasteiger partial charge in [-0.25, -0.2) is 0 Å². The summed E-state index contributed by atoms with van der Waals surface area (Å²) < 4.78 is 0. The van der Waals surface area contributed by atoms with E-state index in [-0.39, 0.29) is 11.5 Å². The molecule has 0 aromatic heterocycles. The SMILES string of the molecule is O=C1/C(=C\c2ccccc2)CCc2cc(O)ccc21. The summed E-state index contributed by atoms with van der Waals surface area (Å²) in [5.41, 5.74) is 3.54. The maximum atomic E-state index is 12.4. The molecule has 2 aromatic carbocycles. The van der Waals surface area contributed by atoms with Crippen molar-refractivity contribution in [2.45, 2.75) is 12.8 Å². The highest BCUT2D eigenvalue weighted by molar-refractivity contribution is 6.13. The van der Waals surface area contributed by atoms with Crippen molar-refractivity contribution in [3.8, 4) is 5.75 Å². The predicted octanol–water partition coefficient (Wildman–Crippen LogP) is 3.60. The number of fused-ring (bicyclic) bond motifs is 1. The Morgan fingerprint density at radius 1 is 1.00 bits per heavy atom. The molecular formula is C17H14O2. The Hall–Kier alpha value is -2.35. The third kappa shape index (κ3) is 2.29. The Kier molecular flexibility index (Phi) is 2.92. The Balaban J connectivity index is 1.98. The zero-order chi connectivity index (χ0) is 13.2. The van der Waals surface area contributed by atoms with Gasteiger partial charge in [0.05, 0.1) is 0 Å². The van der Waals surface area contributed by atoms with Crippen LogP contribution in [0.4, 0.5) is 0 Å². The first-order valence-corrected chi connectivity index (χ1v) is 6.36. The lowest BCUT2D eigenvalue weighted by molar-refractivity contribution is 0.102. The van der Waals surface area contributed by atoms with E-state index in [9.17, 15) is 9.90 Å². The lowest BCUT2D eigenvalue weighted by Gasteiger charge is -2.17. The number of allylic oxidation sites excluding steroid dienone is 1. The Morgan fingerprint density at radius 2 is 1.79 bits per heavy atom. The van der Waals surface area contributed by atoms with Crippen molar-refractivity contribution in [3.05, 3.63) is 70.8 Å². The molecule has 2 aromatic rings. The van der Waals surface area contributed by atoms with Crippen molar-refractivity contribution in [1.29, 1.82) is 0 Å². The number of carbonyl (C=O) groups excluding carboxylic acids is 1. The average Bonchev–Trinajstić information content (AvgIpc) is 2.43. The van der Waals surface area contributed by atoms with Crippen LogP contribution < -0.4 is 0 Å². The average molecular weight is 250 g/mol. The number of rotatable bonds is 1. The molecule has 1 aliphatic rings. The van der Waals surface area contributed by atoms with Gasteiger partial charge in [-0.1, -0.05) is 30.3 Å². The minimum Gasteiger partial charge on any atom is -0.508 e. The lowest BCUT2D eigenvalue weighted by atomic mass is 9.86. The first-order chi connectivity index (χ1) is 9.24. The molecule has 0 bridgehead atoms. The van der Waals surface area contributed by atoms with Crippen molar-refractivity contribution in [1.82, 2.24) is 0 Å². The van der Waals surface area contributed by atoms with Gasteiger partial charge in [-0.2, -0.15) is 0 Å². The van der Waals surface area contributed by atoms with E-state index in [0.717, 1.165) is 29.5 Å². The number of phenols is 1. The standard InChI is InChI=1S/C17H14O2/c18-15-8-9-16-13(11-15)6-7-14(17(16)19)10-12-4-2-1-3-5-12/h1-5,8-11,18H,6-7H2/b14-10-. The molecule has 1 aliphatic carbocycles. The lowest BCUT2D eigenvalue weighted by Crippen LogP contribution is -2.13. The molecule has 0 aliphatic heterocycles. The number of carbonyl (C=O) groups is 1. The monoisotopic (exact) mass is 250 g/mol. The van der Waals surface area contributed by atoms with E-state index in [2.05, 4.69) is 0 Å². The zero-order valence-electron chi connectivity index (χ0n) is 10.5. The molecule has 0 spiro atoms. The fourth-order valence-electron chi connectivity index (χ4n) is 2.45. The third-order valence-corrected chi connectivity index (χ3v) is 3.43. The second kappa shape index (κ2) is 4.73. The minimum absolute atomic E-state index is 0.0742. The number of ketones is 1. The van der Waals surface area contributed by atoms with Crippen LogP contribution in [0, 0.1) is 0 Å². The molecule has 1 N–H and O–H groups in total. The number of phenolic OH excluding ortho intramolecular Hbond substituents is 1. The molecule has 2 heteroatoms.